The van der Waals surface area contributed by atoms with Crippen LogP contribution in [0.2, 0.25) is 5.02 Å². The third-order valence-electron chi connectivity index (χ3n) is 4.63. The number of benzene rings is 1. The molecular weight excluding hydrogens is 333 g/mol. The molecule has 128 valence electrons. The second-order valence-electron chi connectivity index (χ2n) is 7.30. The quantitative estimate of drug-likeness (QED) is 0.872. The number of amides is 1. The Labute approximate surface area is 149 Å². The third-order valence-corrected chi connectivity index (χ3v) is 4.86. The number of rotatable bonds is 3. The first kappa shape index (κ1) is 18.5. The maximum atomic E-state index is 12.4. The van der Waals surface area contributed by atoms with Crippen molar-refractivity contribution in [3.8, 4) is 0 Å². The minimum absolute atomic E-state index is 0. The van der Waals surface area contributed by atoms with Gasteiger partial charge < -0.3 is 16.0 Å². The number of nitrogens with one attached hydrogen (secondary N) is 1. The first-order valence-electron chi connectivity index (χ1n) is 7.95. The van der Waals surface area contributed by atoms with Crippen molar-refractivity contribution < 1.29 is 4.79 Å². The van der Waals surface area contributed by atoms with Crippen LogP contribution >= 0.6 is 24.0 Å². The van der Waals surface area contributed by atoms with Crippen LogP contribution in [-0.4, -0.2) is 36.0 Å². The topological polar surface area (TPSA) is 58.4 Å². The molecule has 6 heteroatoms. The molecule has 23 heavy (non-hydrogen) atoms. The molecule has 0 aromatic heterocycles. The van der Waals surface area contributed by atoms with Crippen LogP contribution in [0.5, 0.6) is 0 Å². The summed E-state index contributed by atoms with van der Waals surface area (Å²) in [5, 5.41) is 3.64. The minimum atomic E-state index is -0.166. The van der Waals surface area contributed by atoms with E-state index in [-0.39, 0.29) is 29.8 Å². The molecule has 4 nitrogen and oxygen atoms in total. The van der Waals surface area contributed by atoms with Crippen LogP contribution in [0.25, 0.3) is 0 Å². The zero-order chi connectivity index (χ0) is 15.9. The van der Waals surface area contributed by atoms with Gasteiger partial charge in [0.2, 0.25) is 5.91 Å². The first-order valence-corrected chi connectivity index (χ1v) is 8.33. The van der Waals surface area contributed by atoms with E-state index >= 15 is 0 Å². The van der Waals surface area contributed by atoms with Gasteiger partial charge in [0.15, 0.2) is 0 Å². The highest BCUT2D eigenvalue weighted by Crippen LogP contribution is 2.42. The van der Waals surface area contributed by atoms with Gasteiger partial charge in [0.1, 0.15) is 0 Å². The van der Waals surface area contributed by atoms with Gasteiger partial charge in [-0.1, -0.05) is 17.7 Å². The van der Waals surface area contributed by atoms with Gasteiger partial charge in [-0.25, -0.2) is 0 Å². The van der Waals surface area contributed by atoms with Gasteiger partial charge in [0.25, 0.3) is 0 Å². The Hall–Kier alpha value is -0.810. The predicted molar refractivity (Wildman–Crippen MR) is 97.5 cm³/mol. The molecule has 1 fully saturated rings. The number of carbonyl (C=O) groups excluding carboxylic acids is 1. The Morgan fingerprint density at radius 1 is 1.35 bits per heavy atom. The second-order valence-corrected chi connectivity index (χ2v) is 7.74. The number of halogens is 2. The monoisotopic (exact) mass is 357 g/mol. The molecule has 2 aliphatic heterocycles. The van der Waals surface area contributed by atoms with Gasteiger partial charge in [0, 0.05) is 22.8 Å². The van der Waals surface area contributed by atoms with E-state index in [1.807, 2.05) is 18.2 Å². The van der Waals surface area contributed by atoms with Crippen LogP contribution in [0, 0.1) is 5.92 Å². The number of piperidine rings is 1. The van der Waals surface area contributed by atoms with Crippen molar-refractivity contribution in [2.75, 3.05) is 25.0 Å². The summed E-state index contributed by atoms with van der Waals surface area (Å²) in [5.74, 6) is 0.495. The standard InChI is InChI=1S/C17H24ClN3O.ClH/c1-17(2,19)10-21-7-5-11(6-8-21)15-13-4-3-12(18)9-14(13)20-16(15)22;/h3-4,9,11,15H,5-8,10,19H2,1-2H3,(H,20,22);1H. The van der Waals surface area contributed by atoms with Gasteiger partial charge in [-0.15, -0.1) is 12.4 Å². The maximum Gasteiger partial charge on any atom is 0.232 e. The number of hydrogen-bond donors (Lipinski definition) is 2. The van der Waals surface area contributed by atoms with Crippen LogP contribution in [-0.2, 0) is 4.79 Å². The molecule has 3 N–H and O–H groups in total. The third kappa shape index (κ3) is 4.18. The molecule has 1 unspecified atom stereocenters. The zero-order valence-corrected chi connectivity index (χ0v) is 15.2. The molecule has 0 bridgehead atoms. The molecule has 1 atom stereocenters. The number of anilines is 1. The molecule has 2 aliphatic rings. The lowest BCUT2D eigenvalue weighted by atomic mass is 9.80. The minimum Gasteiger partial charge on any atom is -0.325 e. The summed E-state index contributed by atoms with van der Waals surface area (Å²) >= 11 is 6.02. The molecule has 0 aliphatic carbocycles. The molecule has 0 spiro atoms. The highest BCUT2D eigenvalue weighted by atomic mass is 35.5. The van der Waals surface area contributed by atoms with Crippen LogP contribution in [0.15, 0.2) is 18.2 Å². The summed E-state index contributed by atoms with van der Waals surface area (Å²) in [7, 11) is 0. The van der Waals surface area contributed by atoms with Crippen LogP contribution < -0.4 is 11.1 Å². The molecule has 1 amide bonds. The fraction of sp³-hybridized carbons (Fsp3) is 0.588. The SMILES string of the molecule is CC(C)(N)CN1CCC(C2C(=O)Nc3cc(Cl)ccc32)CC1.Cl. The van der Waals surface area contributed by atoms with Gasteiger partial charge in [-0.2, -0.15) is 0 Å². The van der Waals surface area contributed by atoms with Crippen LogP contribution in [0.1, 0.15) is 38.2 Å². The number of hydrogen-bond acceptors (Lipinski definition) is 3. The van der Waals surface area contributed by atoms with E-state index in [0.29, 0.717) is 10.9 Å². The van der Waals surface area contributed by atoms with Crippen molar-refractivity contribution in [3.05, 3.63) is 28.8 Å². The molecule has 2 heterocycles. The zero-order valence-electron chi connectivity index (χ0n) is 13.6. The van der Waals surface area contributed by atoms with E-state index in [0.717, 1.165) is 43.7 Å². The van der Waals surface area contributed by atoms with Crippen LogP contribution in [0.3, 0.4) is 0 Å². The summed E-state index contributed by atoms with van der Waals surface area (Å²) in [6.07, 6.45) is 2.08. The van der Waals surface area contributed by atoms with Crippen molar-refractivity contribution in [1.82, 2.24) is 4.90 Å². The molecule has 1 aromatic carbocycles. The summed E-state index contributed by atoms with van der Waals surface area (Å²) in [4.78, 5) is 14.8. The second kappa shape index (κ2) is 6.98. The largest absolute Gasteiger partial charge is 0.325 e. The highest BCUT2D eigenvalue weighted by molar-refractivity contribution is 6.31. The lowest BCUT2D eigenvalue weighted by Crippen LogP contribution is -2.48. The summed E-state index contributed by atoms with van der Waals surface area (Å²) in [5.41, 5.74) is 7.92. The van der Waals surface area contributed by atoms with Crippen molar-refractivity contribution in [2.24, 2.45) is 11.7 Å². The van der Waals surface area contributed by atoms with Crippen molar-refractivity contribution in [2.45, 2.75) is 38.1 Å². The Morgan fingerprint density at radius 2 is 2.00 bits per heavy atom. The van der Waals surface area contributed by atoms with Gasteiger partial charge in [0.05, 0.1) is 5.92 Å². The Kier molecular flexibility index (Phi) is 5.62. The maximum absolute atomic E-state index is 12.4. The molecule has 0 saturated carbocycles. The van der Waals surface area contributed by atoms with Gasteiger partial charge in [-0.3, -0.25) is 4.79 Å². The lowest BCUT2D eigenvalue weighted by Gasteiger charge is -2.37. The number of likely N-dealkylation sites (tertiary alicyclic amines) is 1. The molecule has 3 rings (SSSR count). The van der Waals surface area contributed by atoms with E-state index in [1.54, 1.807) is 0 Å². The lowest BCUT2D eigenvalue weighted by molar-refractivity contribution is -0.118. The van der Waals surface area contributed by atoms with E-state index in [9.17, 15) is 4.79 Å². The van der Waals surface area contributed by atoms with Crippen molar-refractivity contribution >= 4 is 35.6 Å². The van der Waals surface area contributed by atoms with Crippen molar-refractivity contribution in [3.63, 3.8) is 0 Å². The van der Waals surface area contributed by atoms with Crippen LogP contribution in [0.4, 0.5) is 5.69 Å². The fourth-order valence-corrected chi connectivity index (χ4v) is 3.92. The number of nitrogens with two attached hydrogens (primary N) is 1. The summed E-state index contributed by atoms with van der Waals surface area (Å²) in [6.45, 7) is 7.05. The van der Waals surface area contributed by atoms with E-state index in [2.05, 4.69) is 24.1 Å². The van der Waals surface area contributed by atoms with Gasteiger partial charge >= 0.3 is 0 Å². The van der Waals surface area contributed by atoms with E-state index < -0.39 is 0 Å². The normalized spacial score (nSPS) is 22.4. The van der Waals surface area contributed by atoms with E-state index in [4.69, 9.17) is 17.3 Å². The molecule has 0 radical (unpaired) electrons. The molecule has 1 aromatic rings. The Morgan fingerprint density at radius 3 is 2.61 bits per heavy atom. The first-order chi connectivity index (χ1) is 10.3. The van der Waals surface area contributed by atoms with E-state index in [1.165, 1.54) is 0 Å². The average molecular weight is 358 g/mol. The smallest absolute Gasteiger partial charge is 0.232 e. The summed E-state index contributed by atoms with van der Waals surface area (Å²) < 4.78 is 0. The number of fused-ring (bicyclic) bond motifs is 1. The highest BCUT2D eigenvalue weighted by Gasteiger charge is 2.38. The molecular formula is C17H25Cl2N3O. The molecule has 1 saturated heterocycles. The Bertz CT molecular complexity index is 578. The fourth-order valence-electron chi connectivity index (χ4n) is 3.75. The number of nitrogens with zero attached hydrogens (tertiary/aromatic N) is 1. The number of carbonyl (C=O) groups is 1. The van der Waals surface area contributed by atoms with Gasteiger partial charge in [-0.05, 0) is 63.4 Å². The average Bonchev–Trinajstić information content (AvgIpc) is 2.73. The van der Waals surface area contributed by atoms with Crippen molar-refractivity contribution in [1.29, 1.82) is 0 Å². The predicted octanol–water partition coefficient (Wildman–Crippen LogP) is 3.25. The Balaban J connectivity index is 0.00000192. The summed E-state index contributed by atoms with van der Waals surface area (Å²) in [6, 6.07) is 5.72.